The van der Waals surface area contributed by atoms with Gasteiger partial charge in [0.15, 0.2) is 5.11 Å². The first-order valence-corrected chi connectivity index (χ1v) is 6.73. The molecule has 2 amide bonds. The molecular formula is C14H19N3O2S. The highest BCUT2D eigenvalue weighted by Gasteiger charge is 2.06. The van der Waals surface area contributed by atoms with E-state index in [1.54, 1.807) is 25.9 Å². The van der Waals surface area contributed by atoms with E-state index in [0.717, 1.165) is 11.3 Å². The van der Waals surface area contributed by atoms with E-state index >= 15 is 0 Å². The highest BCUT2D eigenvalue weighted by Crippen LogP contribution is 2.10. The first-order chi connectivity index (χ1) is 9.42. The Morgan fingerprint density at radius 1 is 1.20 bits per heavy atom. The molecule has 0 unspecified atom stereocenters. The number of hydrogen-bond donors (Lipinski definition) is 2. The van der Waals surface area contributed by atoms with Crippen molar-refractivity contribution in [3.63, 3.8) is 0 Å². The molecule has 0 aliphatic rings. The number of amides is 2. The smallest absolute Gasteiger partial charge is 0.226 e. The number of anilines is 1. The molecule has 0 fully saturated rings. The van der Waals surface area contributed by atoms with Crippen LogP contribution in [0.2, 0.25) is 0 Å². The lowest BCUT2D eigenvalue weighted by atomic mass is 10.1. The minimum Gasteiger partial charge on any atom is -0.349 e. The van der Waals surface area contributed by atoms with Gasteiger partial charge >= 0.3 is 0 Å². The molecule has 0 saturated heterocycles. The zero-order chi connectivity index (χ0) is 15.1. The van der Waals surface area contributed by atoms with Crippen molar-refractivity contribution in [3.05, 3.63) is 29.8 Å². The molecular weight excluding hydrogens is 274 g/mol. The second-order valence-corrected chi connectivity index (χ2v) is 4.93. The van der Waals surface area contributed by atoms with Crippen molar-refractivity contribution < 1.29 is 9.59 Å². The van der Waals surface area contributed by atoms with Gasteiger partial charge in [0, 0.05) is 26.2 Å². The molecule has 108 valence electrons. The van der Waals surface area contributed by atoms with Gasteiger partial charge in [-0.25, -0.2) is 0 Å². The number of benzene rings is 1. The molecule has 0 aliphatic carbocycles. The van der Waals surface area contributed by atoms with Gasteiger partial charge in [-0.1, -0.05) is 19.1 Å². The van der Waals surface area contributed by atoms with E-state index in [0.29, 0.717) is 12.8 Å². The van der Waals surface area contributed by atoms with Crippen LogP contribution < -0.4 is 10.6 Å². The van der Waals surface area contributed by atoms with Crippen LogP contribution in [0.4, 0.5) is 5.69 Å². The van der Waals surface area contributed by atoms with Crippen molar-refractivity contribution >= 4 is 34.8 Å². The van der Waals surface area contributed by atoms with E-state index in [2.05, 4.69) is 10.6 Å². The lowest BCUT2D eigenvalue weighted by Crippen LogP contribution is -2.33. The molecule has 0 aliphatic heterocycles. The molecule has 1 rings (SSSR count). The summed E-state index contributed by atoms with van der Waals surface area (Å²) in [6.45, 7) is 1.76. The number of rotatable bonds is 4. The fraction of sp³-hybridized carbons (Fsp3) is 0.357. The quantitative estimate of drug-likeness (QED) is 0.827. The van der Waals surface area contributed by atoms with Gasteiger partial charge in [-0.15, -0.1) is 0 Å². The lowest BCUT2D eigenvalue weighted by Gasteiger charge is -2.11. The third-order valence-electron chi connectivity index (χ3n) is 2.64. The van der Waals surface area contributed by atoms with Crippen LogP contribution in [0.25, 0.3) is 0 Å². The Kier molecular flexibility index (Phi) is 6.11. The van der Waals surface area contributed by atoms with Crippen LogP contribution in [-0.4, -0.2) is 35.9 Å². The van der Waals surface area contributed by atoms with E-state index < -0.39 is 0 Å². The van der Waals surface area contributed by atoms with E-state index in [9.17, 15) is 9.59 Å². The highest BCUT2D eigenvalue weighted by molar-refractivity contribution is 7.80. The third-order valence-corrected chi connectivity index (χ3v) is 2.84. The number of hydrogen-bond acceptors (Lipinski definition) is 3. The van der Waals surface area contributed by atoms with Crippen LogP contribution in [0.15, 0.2) is 24.3 Å². The van der Waals surface area contributed by atoms with E-state index in [4.69, 9.17) is 12.2 Å². The number of likely N-dealkylation sites (N-methyl/N-ethyl adjacent to an activating group) is 1. The normalized spacial score (nSPS) is 9.75. The predicted molar refractivity (Wildman–Crippen MR) is 83.5 cm³/mol. The van der Waals surface area contributed by atoms with Gasteiger partial charge in [0.1, 0.15) is 0 Å². The Morgan fingerprint density at radius 2 is 1.80 bits per heavy atom. The zero-order valence-electron chi connectivity index (χ0n) is 11.9. The topological polar surface area (TPSA) is 61.4 Å². The van der Waals surface area contributed by atoms with Crippen molar-refractivity contribution in [2.75, 3.05) is 19.4 Å². The fourth-order valence-corrected chi connectivity index (χ4v) is 1.65. The summed E-state index contributed by atoms with van der Waals surface area (Å²) in [5.41, 5.74) is 1.70. The molecule has 1 aromatic rings. The Labute approximate surface area is 124 Å². The molecule has 6 heteroatoms. The molecule has 5 nitrogen and oxygen atoms in total. The summed E-state index contributed by atoms with van der Waals surface area (Å²) in [5.74, 6) is -0.0767. The van der Waals surface area contributed by atoms with Crippen molar-refractivity contribution in [2.45, 2.75) is 19.8 Å². The molecule has 0 heterocycles. The van der Waals surface area contributed by atoms with Gasteiger partial charge < -0.3 is 15.5 Å². The van der Waals surface area contributed by atoms with Crippen LogP contribution in [0.1, 0.15) is 18.9 Å². The van der Waals surface area contributed by atoms with Gasteiger partial charge in [0.05, 0.1) is 6.42 Å². The van der Waals surface area contributed by atoms with E-state index in [-0.39, 0.29) is 16.9 Å². The zero-order valence-corrected chi connectivity index (χ0v) is 12.7. The van der Waals surface area contributed by atoms with Crippen LogP contribution in [0.3, 0.4) is 0 Å². The monoisotopic (exact) mass is 293 g/mol. The summed E-state index contributed by atoms with van der Waals surface area (Å²) in [4.78, 5) is 24.3. The summed E-state index contributed by atoms with van der Waals surface area (Å²) >= 11 is 5.01. The average Bonchev–Trinajstić information content (AvgIpc) is 2.40. The molecule has 0 saturated carbocycles. The number of nitrogens with zero attached hydrogens (tertiary/aromatic N) is 1. The van der Waals surface area contributed by atoms with Crippen molar-refractivity contribution in [3.8, 4) is 0 Å². The van der Waals surface area contributed by atoms with Crippen molar-refractivity contribution in [2.24, 2.45) is 0 Å². The molecule has 2 N–H and O–H groups in total. The van der Waals surface area contributed by atoms with Gasteiger partial charge in [0.2, 0.25) is 11.8 Å². The Bertz CT molecular complexity index is 498. The largest absolute Gasteiger partial charge is 0.349 e. The minimum atomic E-state index is -0.129. The van der Waals surface area contributed by atoms with E-state index in [1.807, 2.05) is 24.3 Å². The molecule has 1 aromatic carbocycles. The summed E-state index contributed by atoms with van der Waals surface area (Å²) in [6, 6.07) is 7.35. The minimum absolute atomic E-state index is 0.0523. The maximum absolute atomic E-state index is 11.6. The van der Waals surface area contributed by atoms with Gasteiger partial charge in [0.25, 0.3) is 0 Å². The standard InChI is InChI=1S/C14H19N3O2S/c1-4-12(18)16-14(20)15-11-7-5-10(6-8-11)9-13(19)17(2)3/h5-8H,4,9H2,1-3H3,(H2,15,16,18,20). The van der Waals surface area contributed by atoms with Crippen LogP contribution in [0, 0.1) is 0 Å². The first-order valence-electron chi connectivity index (χ1n) is 6.32. The Morgan fingerprint density at radius 3 is 2.30 bits per heavy atom. The highest BCUT2D eigenvalue weighted by atomic mass is 32.1. The average molecular weight is 293 g/mol. The predicted octanol–water partition coefficient (Wildman–Crippen LogP) is 1.54. The summed E-state index contributed by atoms with van der Waals surface area (Å²) in [5, 5.41) is 5.75. The Hall–Kier alpha value is -1.95. The maximum Gasteiger partial charge on any atom is 0.226 e. The van der Waals surface area contributed by atoms with Gasteiger partial charge in [-0.2, -0.15) is 0 Å². The molecule has 0 aromatic heterocycles. The summed E-state index contributed by atoms with van der Waals surface area (Å²) < 4.78 is 0. The molecule has 20 heavy (non-hydrogen) atoms. The second-order valence-electron chi connectivity index (χ2n) is 4.52. The summed E-state index contributed by atoms with van der Waals surface area (Å²) in [6.07, 6.45) is 0.748. The number of carbonyl (C=O) groups excluding carboxylic acids is 2. The van der Waals surface area contributed by atoms with Gasteiger partial charge in [-0.3, -0.25) is 9.59 Å². The maximum atomic E-state index is 11.6. The van der Waals surface area contributed by atoms with E-state index in [1.165, 1.54) is 0 Å². The number of nitrogens with one attached hydrogen (secondary N) is 2. The lowest BCUT2D eigenvalue weighted by molar-refractivity contribution is -0.128. The fourth-order valence-electron chi connectivity index (χ4n) is 1.42. The van der Waals surface area contributed by atoms with Gasteiger partial charge in [-0.05, 0) is 29.9 Å². The van der Waals surface area contributed by atoms with Crippen LogP contribution >= 0.6 is 12.2 Å². The molecule has 0 spiro atoms. The SMILES string of the molecule is CCC(=O)NC(=S)Nc1ccc(CC(=O)N(C)C)cc1. The van der Waals surface area contributed by atoms with Crippen LogP contribution in [-0.2, 0) is 16.0 Å². The number of carbonyl (C=O) groups is 2. The summed E-state index contributed by atoms with van der Waals surface area (Å²) in [7, 11) is 3.46. The third kappa shape index (κ3) is 5.36. The Balaban J connectivity index is 2.56. The second kappa shape index (κ2) is 7.59. The van der Waals surface area contributed by atoms with Crippen molar-refractivity contribution in [1.29, 1.82) is 0 Å². The first kappa shape index (κ1) is 16.1. The molecule has 0 bridgehead atoms. The number of thiocarbonyl (C=S) groups is 1. The van der Waals surface area contributed by atoms with Crippen molar-refractivity contribution in [1.82, 2.24) is 10.2 Å². The molecule has 0 radical (unpaired) electrons. The van der Waals surface area contributed by atoms with Crippen LogP contribution in [0.5, 0.6) is 0 Å². The molecule has 0 atom stereocenters.